The van der Waals surface area contributed by atoms with Crippen molar-refractivity contribution in [2.45, 2.75) is 71.9 Å². The maximum atomic E-state index is 11.8. The van der Waals surface area contributed by atoms with Crippen molar-refractivity contribution in [3.05, 3.63) is 0 Å². The van der Waals surface area contributed by atoms with Crippen molar-refractivity contribution >= 4 is 12.1 Å². The molecule has 2 N–H and O–H groups in total. The molecule has 0 heterocycles. The molecule has 2 bridgehead atoms. The molecule has 5 nitrogen and oxygen atoms in total. The molecule has 0 radical (unpaired) electrons. The summed E-state index contributed by atoms with van der Waals surface area (Å²) in [4.78, 5) is 23.3. The van der Waals surface area contributed by atoms with Gasteiger partial charge in [-0.15, -0.1) is 0 Å². The molecule has 0 aromatic carbocycles. The zero-order valence-corrected chi connectivity index (χ0v) is 14.3. The first-order valence-corrected chi connectivity index (χ1v) is 8.23. The maximum Gasteiger partial charge on any atom is 0.408 e. The molecule has 5 heteroatoms. The lowest BCUT2D eigenvalue weighted by atomic mass is 9.45. The number of ether oxygens (including phenoxy) is 1. The van der Waals surface area contributed by atoms with E-state index in [0.29, 0.717) is 23.7 Å². The summed E-state index contributed by atoms with van der Waals surface area (Å²) in [5, 5.41) is 11.9. The van der Waals surface area contributed by atoms with Crippen molar-refractivity contribution in [3.8, 4) is 0 Å². The topological polar surface area (TPSA) is 75.6 Å². The van der Waals surface area contributed by atoms with E-state index in [2.05, 4.69) is 19.2 Å². The Balaban J connectivity index is 1.95. The van der Waals surface area contributed by atoms with Gasteiger partial charge in [0.15, 0.2) is 0 Å². The largest absolute Gasteiger partial charge is 0.480 e. The zero-order chi connectivity index (χ0) is 16.7. The number of carbonyl (C=O) groups excluding carboxylic acids is 1. The van der Waals surface area contributed by atoms with Crippen LogP contribution in [0.1, 0.15) is 60.3 Å². The molecule has 3 aliphatic rings. The van der Waals surface area contributed by atoms with Gasteiger partial charge in [0.1, 0.15) is 11.6 Å². The molecule has 3 fully saturated rings. The van der Waals surface area contributed by atoms with E-state index in [-0.39, 0.29) is 0 Å². The molecule has 3 rings (SSSR count). The summed E-state index contributed by atoms with van der Waals surface area (Å²) in [6.07, 6.45) is 3.29. The Morgan fingerprint density at radius 2 is 1.95 bits per heavy atom. The molecule has 126 valence electrons. The predicted molar refractivity (Wildman–Crippen MR) is 83.5 cm³/mol. The molecule has 3 saturated carbocycles. The number of carbonyl (C=O) groups is 2. The standard InChI is InChI=1S/C17H29NO4/c1-16(2,3)22-15(21)18-13(14(19)20)8-10-6-7-11-9-12(10)17(11,4)5/h10-13H,6-9H2,1-5H3,(H,18,21)(H,19,20)/t10-,11+,12+,13?/m1/s1. The summed E-state index contributed by atoms with van der Waals surface area (Å²) in [6.45, 7) is 9.87. The van der Waals surface area contributed by atoms with Gasteiger partial charge in [-0.25, -0.2) is 9.59 Å². The third kappa shape index (κ3) is 3.55. The molecule has 4 atom stereocenters. The number of fused-ring (bicyclic) bond motifs is 2. The van der Waals surface area contributed by atoms with Gasteiger partial charge >= 0.3 is 12.1 Å². The van der Waals surface area contributed by atoms with Gasteiger partial charge in [-0.2, -0.15) is 0 Å². The van der Waals surface area contributed by atoms with Crippen LogP contribution in [0.4, 0.5) is 4.79 Å². The van der Waals surface area contributed by atoms with Crippen LogP contribution in [0, 0.1) is 23.2 Å². The molecular weight excluding hydrogens is 282 g/mol. The quantitative estimate of drug-likeness (QED) is 0.834. The molecule has 1 amide bonds. The van der Waals surface area contributed by atoms with Gasteiger partial charge in [0, 0.05) is 0 Å². The first-order chi connectivity index (χ1) is 10.0. The van der Waals surface area contributed by atoms with E-state index in [9.17, 15) is 14.7 Å². The highest BCUT2D eigenvalue weighted by molar-refractivity contribution is 5.80. The van der Waals surface area contributed by atoms with Gasteiger partial charge in [-0.05, 0) is 69.6 Å². The van der Waals surface area contributed by atoms with Crippen LogP contribution < -0.4 is 5.32 Å². The fraction of sp³-hybridized carbons (Fsp3) is 0.882. The predicted octanol–water partition coefficient (Wildman–Crippen LogP) is 3.43. The van der Waals surface area contributed by atoms with E-state index in [1.165, 1.54) is 12.8 Å². The summed E-state index contributed by atoms with van der Waals surface area (Å²) in [6, 6.07) is -0.868. The lowest BCUT2D eigenvalue weighted by Gasteiger charge is -2.60. The molecule has 1 unspecified atom stereocenters. The molecule has 0 aromatic heterocycles. The van der Waals surface area contributed by atoms with Crippen molar-refractivity contribution in [3.63, 3.8) is 0 Å². The Labute approximate surface area is 132 Å². The highest BCUT2D eigenvalue weighted by Crippen LogP contribution is 2.62. The molecule has 3 aliphatic carbocycles. The molecule has 0 spiro atoms. The Morgan fingerprint density at radius 3 is 2.41 bits per heavy atom. The Hall–Kier alpha value is -1.26. The lowest BCUT2D eigenvalue weighted by molar-refractivity contribution is -0.143. The zero-order valence-electron chi connectivity index (χ0n) is 14.3. The van der Waals surface area contributed by atoms with Crippen LogP contribution in [0.25, 0.3) is 0 Å². The number of carboxylic acid groups (broad SMARTS) is 1. The third-order valence-corrected chi connectivity index (χ3v) is 5.53. The van der Waals surface area contributed by atoms with E-state index < -0.39 is 23.7 Å². The third-order valence-electron chi connectivity index (χ3n) is 5.53. The minimum atomic E-state index is -0.981. The second kappa shape index (κ2) is 5.74. The van der Waals surface area contributed by atoms with Gasteiger partial charge in [-0.3, -0.25) is 0 Å². The van der Waals surface area contributed by atoms with Gasteiger partial charge in [0.2, 0.25) is 0 Å². The fourth-order valence-electron chi connectivity index (χ4n) is 4.22. The van der Waals surface area contributed by atoms with Gasteiger partial charge in [0.25, 0.3) is 0 Å². The number of alkyl carbamates (subject to hydrolysis) is 1. The average molecular weight is 311 g/mol. The summed E-state index contributed by atoms with van der Waals surface area (Å²) < 4.78 is 5.17. The maximum absolute atomic E-state index is 11.8. The molecule has 0 aromatic rings. The van der Waals surface area contributed by atoms with Crippen LogP contribution in [0.5, 0.6) is 0 Å². The van der Waals surface area contributed by atoms with Gasteiger partial charge < -0.3 is 15.2 Å². The minimum absolute atomic E-state index is 0.317. The molecular formula is C17H29NO4. The Bertz CT molecular complexity index is 450. The smallest absolute Gasteiger partial charge is 0.408 e. The van der Waals surface area contributed by atoms with E-state index in [1.807, 2.05) is 0 Å². The van der Waals surface area contributed by atoms with Gasteiger partial charge in [0.05, 0.1) is 0 Å². The summed E-state index contributed by atoms with van der Waals surface area (Å²) in [5.41, 5.74) is -0.306. The molecule has 0 aliphatic heterocycles. The highest BCUT2D eigenvalue weighted by Gasteiger charge is 2.54. The minimum Gasteiger partial charge on any atom is -0.480 e. The van der Waals surface area contributed by atoms with Crippen LogP contribution in [0.15, 0.2) is 0 Å². The lowest BCUT2D eigenvalue weighted by Crippen LogP contribution is -2.54. The van der Waals surface area contributed by atoms with Crippen LogP contribution in [0.3, 0.4) is 0 Å². The number of aliphatic carboxylic acids is 1. The van der Waals surface area contributed by atoms with Crippen molar-refractivity contribution in [2.24, 2.45) is 23.2 Å². The highest BCUT2D eigenvalue weighted by atomic mass is 16.6. The van der Waals surface area contributed by atoms with E-state index in [0.717, 1.165) is 12.3 Å². The first kappa shape index (κ1) is 17.1. The second-order valence-electron chi connectivity index (χ2n) is 8.47. The van der Waals surface area contributed by atoms with E-state index in [4.69, 9.17) is 4.74 Å². The number of hydrogen-bond donors (Lipinski definition) is 2. The van der Waals surface area contributed by atoms with Crippen LogP contribution in [-0.4, -0.2) is 28.8 Å². The van der Waals surface area contributed by atoms with Crippen LogP contribution in [-0.2, 0) is 9.53 Å². The fourth-order valence-corrected chi connectivity index (χ4v) is 4.22. The van der Waals surface area contributed by atoms with Crippen molar-refractivity contribution in [2.75, 3.05) is 0 Å². The normalized spacial score (nSPS) is 30.9. The van der Waals surface area contributed by atoms with Crippen molar-refractivity contribution in [1.29, 1.82) is 0 Å². The number of nitrogens with one attached hydrogen (secondary N) is 1. The van der Waals surface area contributed by atoms with Crippen LogP contribution in [0.2, 0.25) is 0 Å². The number of rotatable bonds is 4. The van der Waals surface area contributed by atoms with Crippen molar-refractivity contribution < 1.29 is 19.4 Å². The van der Waals surface area contributed by atoms with Gasteiger partial charge in [-0.1, -0.05) is 13.8 Å². The first-order valence-electron chi connectivity index (χ1n) is 8.23. The molecule has 22 heavy (non-hydrogen) atoms. The Kier molecular flexibility index (Phi) is 4.46. The molecule has 0 saturated heterocycles. The summed E-state index contributed by atoms with van der Waals surface area (Å²) in [5.74, 6) is 0.755. The number of amides is 1. The Morgan fingerprint density at radius 1 is 1.32 bits per heavy atom. The monoisotopic (exact) mass is 311 g/mol. The summed E-state index contributed by atoms with van der Waals surface area (Å²) >= 11 is 0. The summed E-state index contributed by atoms with van der Waals surface area (Å²) in [7, 11) is 0. The van der Waals surface area contributed by atoms with Crippen LogP contribution >= 0.6 is 0 Å². The SMILES string of the molecule is CC(C)(C)OC(=O)NC(C[C@H]1CC[C@H]2C[C@@H]1C2(C)C)C(=O)O. The second-order valence-corrected chi connectivity index (χ2v) is 8.47. The number of carboxylic acids is 1. The van der Waals surface area contributed by atoms with Crippen molar-refractivity contribution in [1.82, 2.24) is 5.32 Å². The number of hydrogen-bond acceptors (Lipinski definition) is 3. The van der Waals surface area contributed by atoms with E-state index in [1.54, 1.807) is 20.8 Å². The van der Waals surface area contributed by atoms with E-state index >= 15 is 0 Å². The average Bonchev–Trinajstić information content (AvgIpc) is 2.35.